The van der Waals surface area contributed by atoms with E-state index < -0.39 is 0 Å². The first-order valence-electron chi connectivity index (χ1n) is 6.60. The molecule has 4 nitrogen and oxygen atoms in total. The molecular formula is C16H16N4. The van der Waals surface area contributed by atoms with Gasteiger partial charge in [-0.05, 0) is 11.1 Å². The summed E-state index contributed by atoms with van der Waals surface area (Å²) in [6.45, 7) is 0.549. The van der Waals surface area contributed by atoms with Gasteiger partial charge in [0.1, 0.15) is 5.82 Å². The Bertz CT molecular complexity index is 671. The molecule has 0 fully saturated rings. The van der Waals surface area contributed by atoms with Crippen molar-refractivity contribution in [2.45, 2.75) is 13.0 Å². The molecule has 0 aliphatic carbocycles. The minimum Gasteiger partial charge on any atom is -0.326 e. The fourth-order valence-corrected chi connectivity index (χ4v) is 2.08. The van der Waals surface area contributed by atoms with Crippen molar-refractivity contribution in [3.63, 3.8) is 0 Å². The van der Waals surface area contributed by atoms with Crippen LogP contribution in [0.15, 0.2) is 54.6 Å². The van der Waals surface area contributed by atoms with Gasteiger partial charge in [-0.3, -0.25) is 5.10 Å². The molecule has 3 aromatic rings. The molecule has 0 amide bonds. The van der Waals surface area contributed by atoms with Crippen molar-refractivity contribution in [3.8, 4) is 11.4 Å². The minimum atomic E-state index is 0.549. The second-order valence-corrected chi connectivity index (χ2v) is 4.67. The van der Waals surface area contributed by atoms with Gasteiger partial charge in [-0.15, -0.1) is 0 Å². The topological polar surface area (TPSA) is 67.6 Å². The van der Waals surface area contributed by atoms with Crippen LogP contribution in [0.25, 0.3) is 11.4 Å². The molecule has 100 valence electrons. The lowest BCUT2D eigenvalue weighted by molar-refractivity contribution is 0.973. The molecule has 0 bridgehead atoms. The Balaban J connectivity index is 1.79. The van der Waals surface area contributed by atoms with Crippen LogP contribution in [-0.4, -0.2) is 15.2 Å². The number of benzene rings is 2. The van der Waals surface area contributed by atoms with E-state index in [9.17, 15) is 0 Å². The van der Waals surface area contributed by atoms with Gasteiger partial charge in [0.15, 0.2) is 5.82 Å². The summed E-state index contributed by atoms with van der Waals surface area (Å²) < 4.78 is 0. The summed E-state index contributed by atoms with van der Waals surface area (Å²) in [6.07, 6.45) is 0.759. The minimum absolute atomic E-state index is 0.549. The fraction of sp³-hybridized carbons (Fsp3) is 0.125. The molecule has 1 heterocycles. The Labute approximate surface area is 117 Å². The van der Waals surface area contributed by atoms with Crippen molar-refractivity contribution in [3.05, 3.63) is 71.5 Å². The monoisotopic (exact) mass is 264 g/mol. The van der Waals surface area contributed by atoms with E-state index in [-0.39, 0.29) is 0 Å². The van der Waals surface area contributed by atoms with Crippen LogP contribution >= 0.6 is 0 Å². The van der Waals surface area contributed by atoms with Crippen LogP contribution < -0.4 is 5.73 Å². The van der Waals surface area contributed by atoms with Crippen molar-refractivity contribution in [1.29, 1.82) is 0 Å². The zero-order valence-corrected chi connectivity index (χ0v) is 11.1. The predicted molar refractivity (Wildman–Crippen MR) is 79.0 cm³/mol. The third-order valence-electron chi connectivity index (χ3n) is 3.19. The maximum atomic E-state index is 5.59. The standard InChI is InChI=1S/C16H16N4/c17-11-13-6-8-14(9-7-13)16-18-15(19-20-16)10-12-4-2-1-3-5-12/h1-9H,10-11,17H2,(H,18,19,20). The van der Waals surface area contributed by atoms with Crippen LogP contribution in [0.5, 0.6) is 0 Å². The van der Waals surface area contributed by atoms with E-state index in [2.05, 4.69) is 27.3 Å². The third-order valence-corrected chi connectivity index (χ3v) is 3.19. The fourth-order valence-electron chi connectivity index (χ4n) is 2.08. The van der Waals surface area contributed by atoms with Crippen molar-refractivity contribution < 1.29 is 0 Å². The molecule has 0 saturated heterocycles. The Morgan fingerprint density at radius 3 is 2.35 bits per heavy atom. The van der Waals surface area contributed by atoms with E-state index in [4.69, 9.17) is 5.73 Å². The lowest BCUT2D eigenvalue weighted by atomic mass is 10.1. The van der Waals surface area contributed by atoms with Crippen LogP contribution in [0, 0.1) is 0 Å². The first-order chi connectivity index (χ1) is 9.85. The van der Waals surface area contributed by atoms with Gasteiger partial charge in [-0.2, -0.15) is 5.10 Å². The van der Waals surface area contributed by atoms with Crippen molar-refractivity contribution in [1.82, 2.24) is 15.2 Å². The normalized spacial score (nSPS) is 10.7. The predicted octanol–water partition coefficient (Wildman–Crippen LogP) is 2.52. The Hall–Kier alpha value is -2.46. The smallest absolute Gasteiger partial charge is 0.181 e. The Kier molecular flexibility index (Phi) is 3.56. The SMILES string of the molecule is NCc1ccc(-c2n[nH]c(Cc3ccccc3)n2)cc1. The van der Waals surface area contributed by atoms with Crippen LogP contribution in [0.1, 0.15) is 17.0 Å². The van der Waals surface area contributed by atoms with Crippen molar-refractivity contribution >= 4 is 0 Å². The second-order valence-electron chi connectivity index (χ2n) is 4.67. The zero-order chi connectivity index (χ0) is 13.8. The number of aromatic nitrogens is 3. The highest BCUT2D eigenvalue weighted by Crippen LogP contribution is 2.16. The number of nitrogens with one attached hydrogen (secondary N) is 1. The maximum absolute atomic E-state index is 5.59. The first-order valence-corrected chi connectivity index (χ1v) is 6.60. The van der Waals surface area contributed by atoms with Gasteiger partial charge < -0.3 is 5.73 Å². The largest absolute Gasteiger partial charge is 0.326 e. The van der Waals surface area contributed by atoms with Crippen LogP contribution in [-0.2, 0) is 13.0 Å². The summed E-state index contributed by atoms with van der Waals surface area (Å²) in [5.74, 6) is 1.59. The molecule has 4 heteroatoms. The van der Waals surface area contributed by atoms with Gasteiger partial charge in [-0.1, -0.05) is 54.6 Å². The molecule has 2 aromatic carbocycles. The maximum Gasteiger partial charge on any atom is 0.181 e. The molecule has 0 aliphatic rings. The number of hydrogen-bond donors (Lipinski definition) is 2. The number of aromatic amines is 1. The second kappa shape index (κ2) is 5.67. The highest BCUT2D eigenvalue weighted by atomic mass is 15.2. The van der Waals surface area contributed by atoms with E-state index in [1.54, 1.807) is 0 Å². The molecule has 0 radical (unpaired) electrons. The molecule has 0 spiro atoms. The number of hydrogen-bond acceptors (Lipinski definition) is 3. The van der Waals surface area contributed by atoms with E-state index in [0.717, 1.165) is 29.2 Å². The number of nitrogens with zero attached hydrogens (tertiary/aromatic N) is 2. The molecule has 0 atom stereocenters. The quantitative estimate of drug-likeness (QED) is 0.761. The number of rotatable bonds is 4. The molecule has 0 unspecified atom stereocenters. The van der Waals surface area contributed by atoms with Gasteiger partial charge >= 0.3 is 0 Å². The molecule has 1 aromatic heterocycles. The van der Waals surface area contributed by atoms with Crippen LogP contribution in [0.2, 0.25) is 0 Å². The summed E-state index contributed by atoms with van der Waals surface area (Å²) in [7, 11) is 0. The molecule has 3 N–H and O–H groups in total. The molecule has 3 rings (SSSR count). The number of H-pyrrole nitrogens is 1. The average molecular weight is 264 g/mol. The summed E-state index contributed by atoms with van der Waals surface area (Å²) in [4.78, 5) is 4.53. The lowest BCUT2D eigenvalue weighted by Crippen LogP contribution is -1.95. The molecule has 0 saturated carbocycles. The Morgan fingerprint density at radius 1 is 0.900 bits per heavy atom. The molecule has 0 aliphatic heterocycles. The molecule has 20 heavy (non-hydrogen) atoms. The van der Waals surface area contributed by atoms with E-state index in [1.165, 1.54) is 5.56 Å². The average Bonchev–Trinajstić information content (AvgIpc) is 2.97. The Morgan fingerprint density at radius 2 is 1.65 bits per heavy atom. The van der Waals surface area contributed by atoms with Gasteiger partial charge in [-0.25, -0.2) is 4.98 Å². The summed E-state index contributed by atoms with van der Waals surface area (Å²) in [5.41, 5.74) is 8.91. The van der Waals surface area contributed by atoms with E-state index in [0.29, 0.717) is 6.54 Å². The van der Waals surface area contributed by atoms with Gasteiger partial charge in [0.05, 0.1) is 0 Å². The van der Waals surface area contributed by atoms with Crippen molar-refractivity contribution in [2.75, 3.05) is 0 Å². The van der Waals surface area contributed by atoms with Gasteiger partial charge in [0, 0.05) is 18.5 Å². The van der Waals surface area contributed by atoms with Crippen LogP contribution in [0.4, 0.5) is 0 Å². The summed E-state index contributed by atoms with van der Waals surface area (Å²) in [5, 5.41) is 7.27. The summed E-state index contributed by atoms with van der Waals surface area (Å²) in [6, 6.07) is 18.2. The van der Waals surface area contributed by atoms with Gasteiger partial charge in [0.25, 0.3) is 0 Å². The van der Waals surface area contributed by atoms with Crippen molar-refractivity contribution in [2.24, 2.45) is 5.73 Å². The van der Waals surface area contributed by atoms with Gasteiger partial charge in [0.2, 0.25) is 0 Å². The highest BCUT2D eigenvalue weighted by molar-refractivity contribution is 5.55. The zero-order valence-electron chi connectivity index (χ0n) is 11.1. The first kappa shape index (κ1) is 12.6. The molecular weight excluding hydrogens is 248 g/mol. The lowest BCUT2D eigenvalue weighted by Gasteiger charge is -1.98. The van der Waals surface area contributed by atoms with E-state index in [1.807, 2.05) is 42.5 Å². The van der Waals surface area contributed by atoms with E-state index >= 15 is 0 Å². The van der Waals surface area contributed by atoms with Crippen LogP contribution in [0.3, 0.4) is 0 Å². The highest BCUT2D eigenvalue weighted by Gasteiger charge is 2.06. The summed E-state index contributed by atoms with van der Waals surface area (Å²) >= 11 is 0. The third kappa shape index (κ3) is 2.75. The number of nitrogens with two attached hydrogens (primary N) is 1.